The number of hydrogen-bond acceptors (Lipinski definition) is 0. The van der Waals surface area contributed by atoms with Crippen LogP contribution >= 0.6 is 0 Å². The fourth-order valence-corrected chi connectivity index (χ4v) is 0. The van der Waals surface area contributed by atoms with Crippen molar-refractivity contribution >= 4 is 18.9 Å². The van der Waals surface area contributed by atoms with Crippen LogP contribution in [0, 0.1) is 6.42 Å². The van der Waals surface area contributed by atoms with Crippen LogP contribution in [0.15, 0.2) is 0 Å². The van der Waals surface area contributed by atoms with Crippen LogP contribution in [0.5, 0.6) is 0 Å². The third-order valence-electron chi connectivity index (χ3n) is 0. The molecule has 0 aromatic heterocycles. The molecule has 0 nitrogen and oxygen atoms in total. The predicted octanol–water partition coefficient (Wildman–Crippen LogP) is 0.579. The molecule has 0 aliphatic heterocycles. The van der Waals surface area contributed by atoms with Gasteiger partial charge in [-0.2, -0.15) is 0 Å². The molecule has 2 radical (unpaired) electrons. The van der Waals surface area contributed by atoms with Crippen molar-refractivity contribution in [1.29, 1.82) is 0 Å². The first kappa shape index (κ1) is 16.5. The van der Waals surface area contributed by atoms with Crippen LogP contribution in [-0.4, -0.2) is 18.9 Å². The molecule has 0 rings (SSSR count). The minimum absolute atomic E-state index is 0. The van der Waals surface area contributed by atoms with E-state index in [9.17, 15) is 0 Å². The van der Waals surface area contributed by atoms with Crippen LogP contribution in [-0.2, 0) is 17.1 Å². The van der Waals surface area contributed by atoms with E-state index in [4.69, 9.17) is 0 Å². The predicted molar refractivity (Wildman–Crippen MR) is 22.8 cm³/mol. The van der Waals surface area contributed by atoms with E-state index >= 15 is 0 Å². The van der Waals surface area contributed by atoms with Crippen LogP contribution in [0.3, 0.4) is 0 Å². The fourth-order valence-electron chi connectivity index (χ4n) is 0. The standard InChI is InChI=1S/C3H7.Cu.Li.H/c1-3-2;;;/h3H,1-2H3;;;. The van der Waals surface area contributed by atoms with Crippen LogP contribution in [0.4, 0.5) is 0 Å². The van der Waals surface area contributed by atoms with E-state index in [0.29, 0.717) is 0 Å². The second-order valence-corrected chi connectivity index (χ2v) is 0.577. The monoisotopic (exact) mass is 114 g/mol. The Balaban J connectivity index is -0.0000000200. The maximum absolute atomic E-state index is 2.00. The summed E-state index contributed by atoms with van der Waals surface area (Å²) in [5.74, 6) is 0. The van der Waals surface area contributed by atoms with Crippen LogP contribution in [0.25, 0.3) is 0 Å². The zero-order valence-electron chi connectivity index (χ0n) is 2.88. The number of rotatable bonds is 0. The van der Waals surface area contributed by atoms with Gasteiger partial charge in [-0.15, -0.1) is 0 Å². The van der Waals surface area contributed by atoms with Crippen molar-refractivity contribution in [1.82, 2.24) is 0 Å². The third-order valence-corrected chi connectivity index (χ3v) is 0. The van der Waals surface area contributed by atoms with Gasteiger partial charge in [0, 0.05) is 17.1 Å². The molecule has 0 aliphatic rings. The van der Waals surface area contributed by atoms with Crippen LogP contribution in [0.2, 0.25) is 0 Å². The molecule has 0 aromatic rings. The molecule has 0 saturated heterocycles. The maximum atomic E-state index is 2.00. The first-order chi connectivity index (χ1) is 1.41. The van der Waals surface area contributed by atoms with Gasteiger partial charge in [0.05, 0.1) is 0 Å². The third kappa shape index (κ3) is 39.9. The topological polar surface area (TPSA) is 0 Å². The van der Waals surface area contributed by atoms with Gasteiger partial charge in [-0.05, 0) is 6.42 Å². The first-order valence-electron chi connectivity index (χ1n) is 1.15. The molecule has 5 heavy (non-hydrogen) atoms. The SMILES string of the molecule is C[CH]C.[Cu].[LiH]. The molecule has 0 saturated carbocycles. The molecule has 0 N–H and O–H groups in total. The van der Waals surface area contributed by atoms with Crippen molar-refractivity contribution in [3.05, 3.63) is 6.42 Å². The van der Waals surface area contributed by atoms with E-state index in [2.05, 4.69) is 0 Å². The van der Waals surface area contributed by atoms with Gasteiger partial charge in [0.1, 0.15) is 0 Å². The summed E-state index contributed by atoms with van der Waals surface area (Å²) in [7, 11) is 0. The normalized spacial score (nSPS) is 3.60. The summed E-state index contributed by atoms with van der Waals surface area (Å²) < 4.78 is 0. The van der Waals surface area contributed by atoms with Crippen molar-refractivity contribution in [2.24, 2.45) is 0 Å². The van der Waals surface area contributed by atoms with Gasteiger partial charge in [0.15, 0.2) is 0 Å². The molecule has 0 heterocycles. The molecule has 0 aliphatic carbocycles. The molecule has 32 valence electrons. The summed E-state index contributed by atoms with van der Waals surface area (Å²) in [5.41, 5.74) is 0. The van der Waals surface area contributed by atoms with E-state index < -0.39 is 0 Å². The zero-order chi connectivity index (χ0) is 2.71. The summed E-state index contributed by atoms with van der Waals surface area (Å²) in [6.07, 6.45) is 2.00. The molecule has 0 bridgehead atoms. The average molecular weight is 115 g/mol. The fraction of sp³-hybridized carbons (Fsp3) is 0.667. The first-order valence-corrected chi connectivity index (χ1v) is 1.15. The van der Waals surface area contributed by atoms with Gasteiger partial charge in [0.2, 0.25) is 0 Å². The molecule has 0 aromatic carbocycles. The van der Waals surface area contributed by atoms with Gasteiger partial charge in [0.25, 0.3) is 0 Å². The van der Waals surface area contributed by atoms with Gasteiger partial charge in [-0.1, -0.05) is 13.8 Å². The van der Waals surface area contributed by atoms with Crippen molar-refractivity contribution in [2.45, 2.75) is 13.8 Å². The van der Waals surface area contributed by atoms with E-state index in [0.717, 1.165) is 0 Å². The Hall–Kier alpha value is 1.12. The second-order valence-electron chi connectivity index (χ2n) is 0.577. The van der Waals surface area contributed by atoms with Crippen molar-refractivity contribution in [3.8, 4) is 0 Å². The molecule has 0 unspecified atom stereocenters. The van der Waals surface area contributed by atoms with Gasteiger partial charge in [-0.25, -0.2) is 0 Å². The molecule has 0 atom stereocenters. The Morgan fingerprint density at radius 2 is 1.20 bits per heavy atom. The van der Waals surface area contributed by atoms with E-state index in [1.165, 1.54) is 0 Å². The molecule has 2 heteroatoms. The Morgan fingerprint density at radius 3 is 1.20 bits per heavy atom. The minimum atomic E-state index is 0. The van der Waals surface area contributed by atoms with Gasteiger partial charge < -0.3 is 0 Å². The summed E-state index contributed by atoms with van der Waals surface area (Å²) in [4.78, 5) is 0. The molecule has 0 spiro atoms. The summed E-state index contributed by atoms with van der Waals surface area (Å²) in [6.45, 7) is 4.00. The zero-order valence-corrected chi connectivity index (χ0v) is 3.82. The van der Waals surface area contributed by atoms with Crippen molar-refractivity contribution in [2.75, 3.05) is 0 Å². The summed E-state index contributed by atoms with van der Waals surface area (Å²) >= 11 is 0. The summed E-state index contributed by atoms with van der Waals surface area (Å²) in [5, 5.41) is 0. The number of hydrogen-bond donors (Lipinski definition) is 0. The quantitative estimate of drug-likeness (QED) is 0.404. The second kappa shape index (κ2) is 19.4. The van der Waals surface area contributed by atoms with Crippen LogP contribution in [0.1, 0.15) is 13.8 Å². The molecular formula is C3H8CuLi. The van der Waals surface area contributed by atoms with E-state index in [-0.39, 0.29) is 35.9 Å². The Morgan fingerprint density at radius 1 is 1.20 bits per heavy atom. The Kier molecular flexibility index (Phi) is 63.8. The van der Waals surface area contributed by atoms with Gasteiger partial charge >= 0.3 is 18.9 Å². The van der Waals surface area contributed by atoms with Crippen LogP contribution < -0.4 is 0 Å². The van der Waals surface area contributed by atoms with E-state index in [1.807, 2.05) is 20.3 Å². The van der Waals surface area contributed by atoms with Gasteiger partial charge in [-0.3, -0.25) is 0 Å². The molecular weight excluding hydrogens is 107 g/mol. The van der Waals surface area contributed by atoms with Crippen molar-refractivity contribution < 1.29 is 17.1 Å². The average Bonchev–Trinajstić information content (AvgIpc) is 0.918. The Bertz CT molecular complexity index is 6.85. The summed E-state index contributed by atoms with van der Waals surface area (Å²) in [6, 6.07) is 0. The molecule has 0 fully saturated rings. The molecule has 0 amide bonds. The van der Waals surface area contributed by atoms with E-state index in [1.54, 1.807) is 0 Å². The van der Waals surface area contributed by atoms with Crippen molar-refractivity contribution in [3.63, 3.8) is 0 Å². The Labute approximate surface area is 56.4 Å².